The topological polar surface area (TPSA) is 46.3 Å². The number of anilines is 1. The molecule has 2 rings (SSSR count). The molecule has 0 radical (unpaired) electrons. The van der Waals surface area contributed by atoms with Gasteiger partial charge in [-0.25, -0.2) is 0 Å². The third-order valence-electron chi connectivity index (χ3n) is 2.63. The van der Waals surface area contributed by atoms with Crippen LogP contribution in [0, 0.1) is 0 Å². The van der Waals surface area contributed by atoms with Crippen LogP contribution in [0.25, 0.3) is 0 Å². The van der Waals surface area contributed by atoms with Gasteiger partial charge in [0.2, 0.25) is 0 Å². The summed E-state index contributed by atoms with van der Waals surface area (Å²) in [4.78, 5) is 14.0. The lowest BCUT2D eigenvalue weighted by molar-refractivity contribution is 0.0785. The molecule has 1 aromatic heterocycles. The number of nitrogens with two attached hydrogens (primary N) is 1. The Morgan fingerprint density at radius 2 is 1.95 bits per heavy atom. The van der Waals surface area contributed by atoms with Crippen molar-refractivity contribution in [1.29, 1.82) is 0 Å². The van der Waals surface area contributed by atoms with Gasteiger partial charge in [0.05, 0.1) is 13.1 Å². The fourth-order valence-corrected chi connectivity index (χ4v) is 4.44. The van der Waals surface area contributed by atoms with Crippen LogP contribution in [0.5, 0.6) is 0 Å². The molecule has 0 bridgehead atoms. The van der Waals surface area contributed by atoms with Crippen LogP contribution < -0.4 is 5.73 Å². The highest BCUT2D eigenvalue weighted by molar-refractivity contribution is 9.12. The van der Waals surface area contributed by atoms with Gasteiger partial charge in [-0.3, -0.25) is 4.79 Å². The molecule has 100 valence electrons. The van der Waals surface area contributed by atoms with Crippen LogP contribution in [0.2, 0.25) is 0 Å². The van der Waals surface area contributed by atoms with Gasteiger partial charge in [0, 0.05) is 19.3 Å². The van der Waals surface area contributed by atoms with Crippen molar-refractivity contribution in [3.8, 4) is 0 Å². The minimum absolute atomic E-state index is 0.00866. The molecule has 0 saturated carbocycles. The zero-order chi connectivity index (χ0) is 14.0. The molecule has 3 nitrogen and oxygen atoms in total. The monoisotopic (exact) mass is 402 g/mol. The van der Waals surface area contributed by atoms with Gasteiger partial charge in [-0.1, -0.05) is 12.1 Å². The van der Waals surface area contributed by atoms with Gasteiger partial charge < -0.3 is 10.6 Å². The summed E-state index contributed by atoms with van der Waals surface area (Å²) in [6, 6.07) is 9.36. The molecule has 0 fully saturated rings. The Kier molecular flexibility index (Phi) is 4.65. The van der Waals surface area contributed by atoms with E-state index < -0.39 is 0 Å². The van der Waals surface area contributed by atoms with Gasteiger partial charge in [-0.05, 0) is 55.6 Å². The summed E-state index contributed by atoms with van der Waals surface area (Å²) >= 11 is 8.28. The third-order valence-corrected chi connectivity index (χ3v) is 4.97. The van der Waals surface area contributed by atoms with Crippen LogP contribution in [0.15, 0.2) is 37.9 Å². The van der Waals surface area contributed by atoms with E-state index in [0.29, 0.717) is 12.1 Å². The van der Waals surface area contributed by atoms with E-state index >= 15 is 0 Å². The Morgan fingerprint density at radius 1 is 1.32 bits per heavy atom. The maximum atomic E-state index is 12.3. The predicted molar refractivity (Wildman–Crippen MR) is 86.4 cm³/mol. The molecule has 0 atom stereocenters. The Balaban J connectivity index is 2.11. The fourth-order valence-electron chi connectivity index (χ4n) is 1.66. The maximum Gasteiger partial charge on any atom is 0.255 e. The van der Waals surface area contributed by atoms with E-state index in [9.17, 15) is 4.79 Å². The van der Waals surface area contributed by atoms with E-state index in [0.717, 1.165) is 18.8 Å². The molecule has 0 unspecified atom stereocenters. The molecule has 0 spiro atoms. The number of halogens is 2. The number of rotatable bonds is 3. The van der Waals surface area contributed by atoms with E-state index in [1.807, 2.05) is 30.3 Å². The van der Waals surface area contributed by atoms with Crippen LogP contribution in [-0.2, 0) is 6.54 Å². The van der Waals surface area contributed by atoms with Crippen LogP contribution in [0.4, 0.5) is 5.69 Å². The molecule has 19 heavy (non-hydrogen) atoms. The van der Waals surface area contributed by atoms with Crippen molar-refractivity contribution in [2.24, 2.45) is 0 Å². The van der Waals surface area contributed by atoms with Crippen LogP contribution in [0.3, 0.4) is 0 Å². The standard InChI is InChI=1S/C13H12Br2N2OS/c1-17(7-8-2-4-9(16)5-3-8)13(18)10-6-11(14)19-12(10)15/h2-6H,7,16H2,1H3. The summed E-state index contributed by atoms with van der Waals surface area (Å²) < 4.78 is 1.78. The number of benzene rings is 1. The van der Waals surface area contributed by atoms with E-state index in [1.165, 1.54) is 11.3 Å². The van der Waals surface area contributed by atoms with Crippen molar-refractivity contribution in [2.75, 3.05) is 12.8 Å². The summed E-state index contributed by atoms with van der Waals surface area (Å²) in [6.07, 6.45) is 0. The first-order valence-electron chi connectivity index (χ1n) is 5.52. The van der Waals surface area contributed by atoms with Gasteiger partial charge in [-0.2, -0.15) is 0 Å². The van der Waals surface area contributed by atoms with Gasteiger partial charge >= 0.3 is 0 Å². The second-order valence-corrected chi connectivity index (χ2v) is 7.89. The fraction of sp³-hybridized carbons (Fsp3) is 0.154. The van der Waals surface area contributed by atoms with Crippen molar-refractivity contribution < 1.29 is 4.79 Å². The number of carbonyl (C=O) groups is 1. The smallest absolute Gasteiger partial charge is 0.255 e. The molecular formula is C13H12Br2N2OS. The molecule has 0 aliphatic rings. The van der Waals surface area contributed by atoms with E-state index in [4.69, 9.17) is 5.73 Å². The zero-order valence-electron chi connectivity index (χ0n) is 10.2. The van der Waals surface area contributed by atoms with Crippen molar-refractivity contribution in [2.45, 2.75) is 6.54 Å². The highest BCUT2D eigenvalue weighted by Gasteiger charge is 2.17. The number of hydrogen-bond acceptors (Lipinski definition) is 3. The molecule has 1 heterocycles. The highest BCUT2D eigenvalue weighted by Crippen LogP contribution is 2.32. The van der Waals surface area contributed by atoms with E-state index in [1.54, 1.807) is 11.9 Å². The molecule has 6 heteroatoms. The number of nitrogen functional groups attached to an aromatic ring is 1. The Morgan fingerprint density at radius 3 is 2.47 bits per heavy atom. The summed E-state index contributed by atoms with van der Waals surface area (Å²) in [5, 5.41) is 0. The third kappa shape index (κ3) is 3.58. The Hall–Kier alpha value is -0.850. The molecular weight excluding hydrogens is 392 g/mol. The minimum Gasteiger partial charge on any atom is -0.399 e. The second kappa shape index (κ2) is 6.07. The largest absolute Gasteiger partial charge is 0.399 e. The van der Waals surface area contributed by atoms with E-state index in [2.05, 4.69) is 31.9 Å². The molecule has 1 amide bonds. The summed E-state index contributed by atoms with van der Waals surface area (Å²) in [5.74, 6) is -0.00866. The average molecular weight is 404 g/mol. The average Bonchev–Trinajstić information content (AvgIpc) is 2.70. The predicted octanol–water partition coefficient (Wildman–Crippen LogP) is 4.13. The number of thiophene rings is 1. The first-order valence-corrected chi connectivity index (χ1v) is 7.92. The molecule has 1 aromatic carbocycles. The number of hydrogen-bond donors (Lipinski definition) is 1. The number of nitrogens with zero attached hydrogens (tertiary/aromatic N) is 1. The van der Waals surface area contributed by atoms with Crippen molar-refractivity contribution in [3.63, 3.8) is 0 Å². The van der Waals surface area contributed by atoms with Crippen LogP contribution in [-0.4, -0.2) is 17.9 Å². The molecule has 0 saturated heterocycles. The van der Waals surface area contributed by atoms with Gasteiger partial charge in [0.15, 0.2) is 0 Å². The van der Waals surface area contributed by atoms with Crippen LogP contribution in [0.1, 0.15) is 15.9 Å². The lowest BCUT2D eigenvalue weighted by atomic mass is 10.2. The molecule has 0 aliphatic carbocycles. The summed E-state index contributed by atoms with van der Waals surface area (Å²) in [5.41, 5.74) is 8.09. The van der Waals surface area contributed by atoms with Crippen LogP contribution >= 0.6 is 43.2 Å². The minimum atomic E-state index is -0.00866. The summed E-state index contributed by atoms with van der Waals surface area (Å²) in [7, 11) is 1.79. The van der Waals surface area contributed by atoms with Gasteiger partial charge in [0.1, 0.15) is 0 Å². The number of amides is 1. The first kappa shape index (κ1) is 14.6. The van der Waals surface area contributed by atoms with Crippen molar-refractivity contribution in [3.05, 3.63) is 49.0 Å². The second-order valence-electron chi connectivity index (χ2n) is 4.14. The summed E-state index contributed by atoms with van der Waals surface area (Å²) in [6.45, 7) is 0.555. The van der Waals surface area contributed by atoms with E-state index in [-0.39, 0.29) is 5.91 Å². The SMILES string of the molecule is CN(Cc1ccc(N)cc1)C(=O)c1cc(Br)sc1Br. The van der Waals surface area contributed by atoms with Gasteiger partial charge in [0.25, 0.3) is 5.91 Å². The Labute approximate surface area is 132 Å². The number of carbonyl (C=O) groups excluding carboxylic acids is 1. The van der Waals surface area contributed by atoms with Crippen molar-refractivity contribution in [1.82, 2.24) is 4.90 Å². The Bertz CT molecular complexity index is 595. The van der Waals surface area contributed by atoms with Crippen molar-refractivity contribution >= 4 is 54.8 Å². The molecule has 0 aliphatic heterocycles. The quantitative estimate of drug-likeness (QED) is 0.783. The molecule has 2 N–H and O–H groups in total. The highest BCUT2D eigenvalue weighted by atomic mass is 79.9. The molecule has 2 aromatic rings. The lowest BCUT2D eigenvalue weighted by Crippen LogP contribution is -2.26. The zero-order valence-corrected chi connectivity index (χ0v) is 14.2. The lowest BCUT2D eigenvalue weighted by Gasteiger charge is -2.17. The maximum absolute atomic E-state index is 12.3. The van der Waals surface area contributed by atoms with Gasteiger partial charge in [-0.15, -0.1) is 11.3 Å². The first-order chi connectivity index (χ1) is 8.97. The normalized spacial score (nSPS) is 10.5.